The molecule has 1 aromatic heterocycles. The summed E-state index contributed by atoms with van der Waals surface area (Å²) in [5.74, 6) is 0.694. The summed E-state index contributed by atoms with van der Waals surface area (Å²) in [6.45, 7) is 0.728. The Kier molecular flexibility index (Phi) is 3.63. The lowest BCUT2D eigenvalue weighted by molar-refractivity contribution is 0.273. The van der Waals surface area contributed by atoms with Gasteiger partial charge in [-0.3, -0.25) is 5.41 Å². The Morgan fingerprint density at radius 3 is 2.81 bits per heavy atom. The molecule has 21 heavy (non-hydrogen) atoms. The molecule has 0 aliphatic carbocycles. The van der Waals surface area contributed by atoms with Crippen molar-refractivity contribution in [1.82, 2.24) is 4.98 Å². The van der Waals surface area contributed by atoms with Gasteiger partial charge in [0.25, 0.3) is 0 Å². The number of nitrogens with zero attached hydrogens (tertiary/aromatic N) is 2. The molecule has 4 nitrogen and oxygen atoms in total. The first-order valence-electron chi connectivity index (χ1n) is 6.54. The van der Waals surface area contributed by atoms with Crippen LogP contribution in [-0.4, -0.2) is 30.0 Å². The van der Waals surface area contributed by atoms with Gasteiger partial charge in [-0.2, -0.15) is 0 Å². The average Bonchev–Trinajstić information content (AvgIpc) is 2.46. The molecule has 1 saturated heterocycles. The van der Waals surface area contributed by atoms with Gasteiger partial charge >= 0.3 is 0 Å². The highest BCUT2D eigenvalue weighted by molar-refractivity contribution is 9.10. The molecule has 0 amide bonds. The van der Waals surface area contributed by atoms with Crippen molar-refractivity contribution in [3.63, 3.8) is 0 Å². The molecule has 108 valence electrons. The van der Waals surface area contributed by atoms with Gasteiger partial charge in [0.1, 0.15) is 12.0 Å². The van der Waals surface area contributed by atoms with Crippen molar-refractivity contribution in [3.8, 4) is 0 Å². The fraction of sp³-hybridized carbons (Fsp3) is 0.200. The minimum absolute atomic E-state index is 0.328. The van der Waals surface area contributed by atoms with Gasteiger partial charge in [0, 0.05) is 27.5 Å². The molecule has 3 N–H and O–H groups in total. The Bertz CT molecular complexity index is 698. The van der Waals surface area contributed by atoms with Gasteiger partial charge in [0.05, 0.1) is 18.8 Å². The van der Waals surface area contributed by atoms with E-state index in [-0.39, 0.29) is 0 Å². The minimum Gasteiger partial charge on any atom is -0.398 e. The van der Waals surface area contributed by atoms with Crippen molar-refractivity contribution in [1.29, 1.82) is 5.41 Å². The monoisotopic (exact) mass is 348 g/mol. The maximum Gasteiger partial charge on any atom is 0.135 e. The normalized spacial score (nSPS) is 14.9. The lowest BCUT2D eigenvalue weighted by Crippen LogP contribution is -2.48. The Morgan fingerprint density at radius 2 is 2.10 bits per heavy atom. The molecule has 0 radical (unpaired) electrons. The predicted molar refractivity (Wildman–Crippen MR) is 85.8 cm³/mol. The number of nitrogens with one attached hydrogen (secondary N) is 1. The third-order valence-corrected chi connectivity index (χ3v) is 3.97. The molecule has 0 spiro atoms. The fourth-order valence-corrected chi connectivity index (χ4v) is 2.62. The zero-order chi connectivity index (χ0) is 15.0. The van der Waals surface area contributed by atoms with E-state index in [1.807, 2.05) is 17.0 Å². The van der Waals surface area contributed by atoms with Gasteiger partial charge in [0.15, 0.2) is 0 Å². The third-order valence-electron chi connectivity index (χ3n) is 3.48. The summed E-state index contributed by atoms with van der Waals surface area (Å²) in [4.78, 5) is 6.09. The molecule has 6 heteroatoms. The smallest absolute Gasteiger partial charge is 0.135 e. The Hall–Kier alpha value is -1.95. The molecule has 3 rings (SSSR count). The number of nitrogens with two attached hydrogens (primary N) is 1. The number of halogens is 2. The van der Waals surface area contributed by atoms with Crippen molar-refractivity contribution < 1.29 is 4.39 Å². The van der Waals surface area contributed by atoms with Crippen LogP contribution in [0.25, 0.3) is 0 Å². The lowest BCUT2D eigenvalue weighted by atomic mass is 10.0. The highest BCUT2D eigenvalue weighted by Gasteiger charge is 2.27. The molecule has 0 saturated carbocycles. The van der Waals surface area contributed by atoms with E-state index in [9.17, 15) is 4.39 Å². The Morgan fingerprint density at radius 1 is 1.33 bits per heavy atom. The molecule has 1 aliphatic rings. The van der Waals surface area contributed by atoms with E-state index in [0.717, 1.165) is 4.47 Å². The molecule has 0 unspecified atom stereocenters. The summed E-state index contributed by atoms with van der Waals surface area (Å²) in [6, 6.07) is 8.98. The van der Waals surface area contributed by atoms with E-state index in [2.05, 4.69) is 20.9 Å². The number of benzene rings is 1. The predicted octanol–water partition coefficient (Wildman–Crippen LogP) is 3.00. The summed E-state index contributed by atoms with van der Waals surface area (Å²) in [5.41, 5.74) is 8.20. The van der Waals surface area contributed by atoms with E-state index in [4.69, 9.17) is 11.1 Å². The number of nitrogen functional groups attached to an aromatic ring is 1. The molecule has 2 aromatic rings. The van der Waals surface area contributed by atoms with Crippen LogP contribution >= 0.6 is 15.9 Å². The zero-order valence-corrected chi connectivity index (χ0v) is 12.8. The van der Waals surface area contributed by atoms with E-state index >= 15 is 0 Å². The van der Waals surface area contributed by atoms with Gasteiger partial charge in [-0.15, -0.1) is 0 Å². The highest BCUT2D eigenvalue weighted by atomic mass is 79.9. The van der Waals surface area contributed by atoms with Gasteiger partial charge in [-0.25, -0.2) is 9.37 Å². The van der Waals surface area contributed by atoms with Crippen LogP contribution in [0.15, 0.2) is 41.0 Å². The largest absolute Gasteiger partial charge is 0.398 e. The van der Waals surface area contributed by atoms with Crippen LogP contribution in [0.5, 0.6) is 0 Å². The van der Waals surface area contributed by atoms with Crippen LogP contribution in [0.1, 0.15) is 11.1 Å². The Balaban J connectivity index is 1.91. The third kappa shape index (κ3) is 2.76. The van der Waals surface area contributed by atoms with Crippen molar-refractivity contribution in [2.24, 2.45) is 0 Å². The summed E-state index contributed by atoms with van der Waals surface area (Å²) >= 11 is 3.39. The van der Waals surface area contributed by atoms with Crippen LogP contribution in [0, 0.1) is 5.41 Å². The Labute approximate surface area is 130 Å². The second kappa shape index (κ2) is 5.44. The van der Waals surface area contributed by atoms with Crippen LogP contribution < -0.4 is 10.6 Å². The minimum atomic E-state index is -0.782. The lowest BCUT2D eigenvalue weighted by Gasteiger charge is -2.35. The SMILES string of the molecule is N=C(c1ccnc(N2CC(F)C2)c1)c1cc(Br)ccc1N. The van der Waals surface area contributed by atoms with Crippen LogP contribution in [-0.2, 0) is 0 Å². The number of alkyl halides is 1. The maximum absolute atomic E-state index is 12.9. The molecule has 1 fully saturated rings. The van der Waals surface area contributed by atoms with Crippen LogP contribution in [0.2, 0.25) is 0 Å². The van der Waals surface area contributed by atoms with E-state index in [0.29, 0.717) is 41.4 Å². The first kappa shape index (κ1) is 14.0. The number of aromatic nitrogens is 1. The molecule has 1 aromatic carbocycles. The topological polar surface area (TPSA) is 66.0 Å². The second-order valence-corrected chi connectivity index (χ2v) is 5.93. The van der Waals surface area contributed by atoms with E-state index < -0.39 is 6.17 Å². The number of anilines is 2. The fourth-order valence-electron chi connectivity index (χ4n) is 2.26. The van der Waals surface area contributed by atoms with Crippen molar-refractivity contribution in [2.45, 2.75) is 6.17 Å². The molecular weight excluding hydrogens is 335 g/mol. The zero-order valence-electron chi connectivity index (χ0n) is 11.2. The first-order chi connectivity index (χ1) is 10.0. The van der Waals surface area contributed by atoms with Crippen LogP contribution in [0.4, 0.5) is 15.9 Å². The summed E-state index contributed by atoms with van der Waals surface area (Å²) in [7, 11) is 0. The van der Waals surface area contributed by atoms with Gasteiger partial charge in [0.2, 0.25) is 0 Å². The quantitative estimate of drug-likeness (QED) is 0.661. The van der Waals surface area contributed by atoms with Crippen molar-refractivity contribution in [3.05, 3.63) is 52.1 Å². The van der Waals surface area contributed by atoms with Crippen molar-refractivity contribution >= 4 is 33.1 Å². The van der Waals surface area contributed by atoms with E-state index in [1.165, 1.54) is 0 Å². The summed E-state index contributed by atoms with van der Waals surface area (Å²) < 4.78 is 13.8. The summed E-state index contributed by atoms with van der Waals surface area (Å²) in [6.07, 6.45) is 0.856. The van der Waals surface area contributed by atoms with Crippen LogP contribution in [0.3, 0.4) is 0 Å². The first-order valence-corrected chi connectivity index (χ1v) is 7.33. The van der Waals surface area contributed by atoms with Crippen molar-refractivity contribution in [2.75, 3.05) is 23.7 Å². The average molecular weight is 349 g/mol. The number of pyridine rings is 1. The number of hydrogen-bond acceptors (Lipinski definition) is 4. The number of rotatable bonds is 3. The molecule has 0 bridgehead atoms. The number of hydrogen-bond donors (Lipinski definition) is 2. The van der Waals surface area contributed by atoms with Gasteiger partial charge in [-0.05, 0) is 30.3 Å². The summed E-state index contributed by atoms with van der Waals surface area (Å²) in [5, 5.41) is 8.34. The maximum atomic E-state index is 12.9. The highest BCUT2D eigenvalue weighted by Crippen LogP contribution is 2.25. The molecule has 0 atom stereocenters. The molecular formula is C15H14BrFN4. The van der Waals surface area contributed by atoms with Gasteiger partial charge < -0.3 is 10.6 Å². The second-order valence-electron chi connectivity index (χ2n) is 5.01. The van der Waals surface area contributed by atoms with E-state index in [1.54, 1.807) is 24.4 Å². The van der Waals surface area contributed by atoms with Gasteiger partial charge in [-0.1, -0.05) is 15.9 Å². The molecule has 2 heterocycles. The standard InChI is InChI=1S/C15H14BrFN4/c16-10-1-2-13(18)12(6-10)15(19)9-3-4-20-14(5-9)21-7-11(17)8-21/h1-6,11,19H,7-8,18H2. The molecule has 1 aliphatic heterocycles.